The Kier molecular flexibility index (Phi) is 8.64. The first-order chi connectivity index (χ1) is 19.1. The fourth-order valence-corrected chi connectivity index (χ4v) is 6.34. The molecule has 14 nitrogen and oxygen atoms in total. The standard InChI is InChI=1S/C24H26N2O12P2/c27-19-11-12-26(24(28)25-19)23-22-21(36-20(37-22)13-16-7-3-1-4-8-16)18(35-23)15-34-40(31,32)38-39(29,30)33-14-17-9-5-2-6-10-17/h1-12,18,20-23H,13-15H2,(H,29,30)(H,31,32)(H,25,27,28)/p-2/t18-,20?,21+,22?,23-/m1/s1. The van der Waals surface area contributed by atoms with Crippen LogP contribution in [0.4, 0.5) is 0 Å². The summed E-state index contributed by atoms with van der Waals surface area (Å²) in [5, 5.41) is 0. The molecule has 1 N–H and O–H groups in total. The van der Waals surface area contributed by atoms with Crippen molar-refractivity contribution >= 4 is 15.6 Å². The van der Waals surface area contributed by atoms with Crippen LogP contribution in [-0.4, -0.2) is 40.8 Å². The van der Waals surface area contributed by atoms with Gasteiger partial charge in [-0.25, -0.2) is 9.11 Å². The van der Waals surface area contributed by atoms with Crippen LogP contribution < -0.4 is 21.0 Å². The highest BCUT2D eigenvalue weighted by molar-refractivity contribution is 7.59. The first-order valence-electron chi connectivity index (χ1n) is 12.1. The number of hydrogen-bond donors (Lipinski definition) is 1. The van der Waals surface area contributed by atoms with E-state index in [-0.39, 0.29) is 0 Å². The Bertz CT molecular complexity index is 1520. The molecule has 2 fully saturated rings. The van der Waals surface area contributed by atoms with Crippen molar-refractivity contribution in [1.29, 1.82) is 0 Å². The van der Waals surface area contributed by atoms with E-state index in [0.717, 1.165) is 16.2 Å². The van der Waals surface area contributed by atoms with Gasteiger partial charge < -0.3 is 33.0 Å². The van der Waals surface area contributed by atoms with Gasteiger partial charge in [0.15, 0.2) is 12.5 Å². The van der Waals surface area contributed by atoms with E-state index in [9.17, 15) is 28.5 Å². The Balaban J connectivity index is 1.27. The van der Waals surface area contributed by atoms with Gasteiger partial charge in [0.2, 0.25) is 0 Å². The van der Waals surface area contributed by atoms with Gasteiger partial charge in [-0.2, -0.15) is 0 Å². The van der Waals surface area contributed by atoms with Crippen LogP contribution in [0.15, 0.2) is 82.5 Å². The Morgan fingerprint density at radius 3 is 2.12 bits per heavy atom. The Morgan fingerprint density at radius 2 is 1.45 bits per heavy atom. The minimum absolute atomic E-state index is 0.343. The average molecular weight is 594 g/mol. The molecule has 0 aliphatic carbocycles. The quantitative estimate of drug-likeness (QED) is 0.310. The first-order valence-corrected chi connectivity index (χ1v) is 15.0. The summed E-state index contributed by atoms with van der Waals surface area (Å²) in [4.78, 5) is 50.6. The van der Waals surface area contributed by atoms with Gasteiger partial charge in [0.05, 0.1) is 13.2 Å². The summed E-state index contributed by atoms with van der Waals surface area (Å²) < 4.78 is 57.0. The molecule has 16 heteroatoms. The van der Waals surface area contributed by atoms with Gasteiger partial charge in [-0.3, -0.25) is 23.5 Å². The Labute approximate surface area is 227 Å². The maximum absolute atomic E-state index is 12.4. The number of fused-ring (bicyclic) bond motifs is 1. The predicted molar refractivity (Wildman–Crippen MR) is 132 cm³/mol. The molecule has 0 spiro atoms. The molecular formula is C24H24N2O12P2-2. The molecule has 3 heterocycles. The molecule has 0 bridgehead atoms. The number of hydrogen-bond acceptors (Lipinski definition) is 12. The molecule has 5 rings (SSSR count). The smallest absolute Gasteiger partial charge is 0.330 e. The van der Waals surface area contributed by atoms with Gasteiger partial charge in [-0.15, -0.1) is 0 Å². The first kappa shape index (κ1) is 28.8. The molecule has 0 radical (unpaired) electrons. The highest BCUT2D eigenvalue weighted by atomic mass is 31.3. The van der Waals surface area contributed by atoms with E-state index in [2.05, 4.69) is 13.8 Å². The Hall–Kier alpha value is -2.74. The fraction of sp³-hybridized carbons (Fsp3) is 0.333. The summed E-state index contributed by atoms with van der Waals surface area (Å²) in [5.74, 6) is 0. The lowest BCUT2D eigenvalue weighted by Gasteiger charge is -2.31. The van der Waals surface area contributed by atoms with Crippen molar-refractivity contribution < 1.29 is 46.5 Å². The third-order valence-electron chi connectivity index (χ3n) is 6.10. The molecule has 2 aliphatic rings. The van der Waals surface area contributed by atoms with Crippen molar-refractivity contribution in [3.63, 3.8) is 0 Å². The molecule has 2 aliphatic heterocycles. The SMILES string of the molecule is O=c1ccn([C@@H]2O[C@H](COP(=O)([O-])OP(=O)([O-])OCc3ccccc3)[C@@H]3OC(Cc4ccccc4)OC32)c(=O)[nH]1. The van der Waals surface area contributed by atoms with Crippen LogP contribution in [0.2, 0.25) is 0 Å². The van der Waals surface area contributed by atoms with Crippen molar-refractivity contribution in [3.8, 4) is 0 Å². The molecule has 7 atom stereocenters. The van der Waals surface area contributed by atoms with Gasteiger partial charge >= 0.3 is 5.69 Å². The lowest BCUT2D eigenvalue weighted by atomic mass is 10.1. The monoisotopic (exact) mass is 594 g/mol. The third kappa shape index (κ3) is 7.12. The lowest BCUT2D eigenvalue weighted by Crippen LogP contribution is -2.36. The number of nitrogens with zero attached hydrogens (tertiary/aromatic N) is 1. The minimum atomic E-state index is -5.44. The number of ether oxygens (including phenoxy) is 3. The van der Waals surface area contributed by atoms with Crippen molar-refractivity contribution in [3.05, 3.63) is 105 Å². The number of phosphoric ester groups is 2. The number of aromatic amines is 1. The van der Waals surface area contributed by atoms with E-state index in [1.54, 1.807) is 30.3 Å². The van der Waals surface area contributed by atoms with E-state index in [4.69, 9.17) is 18.7 Å². The van der Waals surface area contributed by atoms with Crippen molar-refractivity contribution in [2.24, 2.45) is 0 Å². The normalized spacial score (nSPS) is 27.1. The van der Waals surface area contributed by atoms with Gasteiger partial charge in [0.25, 0.3) is 21.2 Å². The summed E-state index contributed by atoms with van der Waals surface area (Å²) >= 11 is 0. The van der Waals surface area contributed by atoms with Crippen LogP contribution in [0, 0.1) is 0 Å². The maximum Gasteiger partial charge on any atom is 0.330 e. The van der Waals surface area contributed by atoms with Gasteiger partial charge in [-0.1, -0.05) is 60.7 Å². The number of rotatable bonds is 11. The zero-order valence-electron chi connectivity index (χ0n) is 20.7. The molecule has 0 amide bonds. The van der Waals surface area contributed by atoms with Crippen LogP contribution in [0.5, 0.6) is 0 Å². The largest absolute Gasteiger partial charge is 0.756 e. The number of H-pyrrole nitrogens is 1. The molecule has 1 aromatic heterocycles. The second-order valence-corrected chi connectivity index (χ2v) is 11.9. The minimum Gasteiger partial charge on any atom is -0.756 e. The number of nitrogens with one attached hydrogen (secondary N) is 1. The summed E-state index contributed by atoms with van der Waals surface area (Å²) in [6.45, 7) is -1.17. The van der Waals surface area contributed by atoms with Gasteiger partial charge in [0, 0.05) is 18.7 Å². The molecule has 2 saturated heterocycles. The second kappa shape index (κ2) is 12.0. The van der Waals surface area contributed by atoms with Crippen molar-refractivity contribution in [2.45, 2.75) is 43.9 Å². The van der Waals surface area contributed by atoms with Crippen LogP contribution in [0.1, 0.15) is 17.4 Å². The van der Waals surface area contributed by atoms with Crippen LogP contribution in [-0.2, 0) is 49.7 Å². The van der Waals surface area contributed by atoms with Crippen LogP contribution in [0.25, 0.3) is 0 Å². The van der Waals surface area contributed by atoms with Crippen LogP contribution in [0.3, 0.4) is 0 Å². The molecule has 2 aromatic carbocycles. The summed E-state index contributed by atoms with van der Waals surface area (Å²) in [5.41, 5.74) is -0.0323. The Morgan fingerprint density at radius 1 is 0.825 bits per heavy atom. The molecule has 0 saturated carbocycles. The summed E-state index contributed by atoms with van der Waals surface area (Å²) in [6, 6.07) is 18.6. The maximum atomic E-state index is 12.4. The molecule has 40 heavy (non-hydrogen) atoms. The zero-order chi connectivity index (χ0) is 28.3. The summed E-state index contributed by atoms with van der Waals surface area (Å²) in [7, 11) is -10.8. The topological polar surface area (TPSA) is 190 Å². The fourth-order valence-electron chi connectivity index (χ4n) is 4.35. The number of phosphoric acid groups is 2. The molecular weight excluding hydrogens is 570 g/mol. The van der Waals surface area contributed by atoms with Crippen molar-refractivity contribution in [2.75, 3.05) is 6.61 Å². The van der Waals surface area contributed by atoms with E-state index in [1.165, 1.54) is 6.20 Å². The van der Waals surface area contributed by atoms with E-state index in [1.807, 2.05) is 30.3 Å². The van der Waals surface area contributed by atoms with Gasteiger partial charge in [-0.05, 0) is 11.1 Å². The highest BCUT2D eigenvalue weighted by Gasteiger charge is 2.54. The van der Waals surface area contributed by atoms with E-state index >= 15 is 0 Å². The molecule has 3 aromatic rings. The average Bonchev–Trinajstić information content (AvgIpc) is 3.46. The van der Waals surface area contributed by atoms with E-state index < -0.39 is 70.9 Å². The zero-order valence-corrected chi connectivity index (χ0v) is 22.5. The molecule has 214 valence electrons. The number of aromatic nitrogens is 2. The van der Waals surface area contributed by atoms with Crippen molar-refractivity contribution in [1.82, 2.24) is 9.55 Å². The number of benzene rings is 2. The molecule has 4 unspecified atom stereocenters. The lowest BCUT2D eigenvalue weighted by molar-refractivity contribution is -0.246. The third-order valence-corrected chi connectivity index (χ3v) is 8.61. The highest BCUT2D eigenvalue weighted by Crippen LogP contribution is 2.56. The van der Waals surface area contributed by atoms with E-state index in [0.29, 0.717) is 12.0 Å². The second-order valence-electron chi connectivity index (χ2n) is 8.93. The predicted octanol–water partition coefficient (Wildman–Crippen LogP) is 0.974. The van der Waals surface area contributed by atoms with Gasteiger partial charge in [0.1, 0.15) is 18.3 Å². The summed E-state index contributed by atoms with van der Waals surface area (Å²) in [6.07, 6.45) is -3.26. The van der Waals surface area contributed by atoms with Crippen LogP contribution >= 0.6 is 15.6 Å².